The molecule has 0 aliphatic rings. The Morgan fingerprint density at radius 3 is 2.38 bits per heavy atom. The zero-order valence-corrected chi connectivity index (χ0v) is 13.6. The first-order valence-electron chi connectivity index (χ1n) is 7.90. The van der Waals surface area contributed by atoms with Crippen molar-refractivity contribution in [2.75, 3.05) is 0 Å². The summed E-state index contributed by atoms with van der Waals surface area (Å²) in [4.78, 5) is 23.7. The molecule has 0 saturated heterocycles. The molecule has 0 radical (unpaired) electrons. The predicted molar refractivity (Wildman–Crippen MR) is 92.9 cm³/mol. The summed E-state index contributed by atoms with van der Waals surface area (Å²) in [6, 6.07) is 14.4. The van der Waals surface area contributed by atoms with Crippen LogP contribution < -0.4 is 5.32 Å². The van der Waals surface area contributed by atoms with Crippen LogP contribution in [0.2, 0.25) is 0 Å². The van der Waals surface area contributed by atoms with Gasteiger partial charge in [-0.15, -0.1) is 0 Å². The molecule has 0 fully saturated rings. The van der Waals surface area contributed by atoms with E-state index in [-0.39, 0.29) is 6.42 Å². The number of nitrogens with one attached hydrogen (secondary N) is 1. The molecule has 3 aromatic carbocycles. The highest BCUT2D eigenvalue weighted by Gasteiger charge is 2.23. The van der Waals surface area contributed by atoms with Gasteiger partial charge in [0.2, 0.25) is 0 Å². The molecule has 132 valence electrons. The monoisotopic (exact) mass is 355 g/mol. The van der Waals surface area contributed by atoms with Crippen molar-refractivity contribution in [1.29, 1.82) is 0 Å². The summed E-state index contributed by atoms with van der Waals surface area (Å²) in [7, 11) is 0. The third-order valence-electron chi connectivity index (χ3n) is 4.03. The normalized spacial score (nSPS) is 11.9. The number of aliphatic carboxylic acids is 1. The first kappa shape index (κ1) is 17.5. The van der Waals surface area contributed by atoms with Gasteiger partial charge in [0.15, 0.2) is 0 Å². The van der Waals surface area contributed by atoms with Gasteiger partial charge in [0.1, 0.15) is 17.7 Å². The molecule has 0 bridgehead atoms. The maximum absolute atomic E-state index is 13.7. The van der Waals surface area contributed by atoms with E-state index in [1.807, 2.05) is 36.4 Å². The summed E-state index contributed by atoms with van der Waals surface area (Å²) in [6.45, 7) is 0. The summed E-state index contributed by atoms with van der Waals surface area (Å²) in [5.41, 5.74) is 0.312. The molecular weight excluding hydrogens is 340 g/mol. The number of amides is 1. The largest absolute Gasteiger partial charge is 0.480 e. The van der Waals surface area contributed by atoms with Gasteiger partial charge >= 0.3 is 5.97 Å². The highest BCUT2D eigenvalue weighted by atomic mass is 19.1. The molecule has 0 heterocycles. The van der Waals surface area contributed by atoms with Crippen LogP contribution in [0.1, 0.15) is 15.9 Å². The lowest BCUT2D eigenvalue weighted by molar-refractivity contribution is -0.139. The fourth-order valence-electron chi connectivity index (χ4n) is 2.71. The molecule has 0 aliphatic heterocycles. The number of carbonyl (C=O) groups excluding carboxylic acids is 1. The maximum Gasteiger partial charge on any atom is 0.326 e. The minimum Gasteiger partial charge on any atom is -0.480 e. The second-order valence-corrected chi connectivity index (χ2v) is 5.87. The summed E-state index contributed by atoms with van der Waals surface area (Å²) >= 11 is 0. The van der Waals surface area contributed by atoms with Crippen LogP contribution in [0.4, 0.5) is 8.78 Å². The molecule has 0 spiro atoms. The summed E-state index contributed by atoms with van der Waals surface area (Å²) in [5, 5.41) is 13.6. The van der Waals surface area contributed by atoms with Gasteiger partial charge in [0, 0.05) is 12.5 Å². The van der Waals surface area contributed by atoms with Gasteiger partial charge < -0.3 is 10.4 Å². The van der Waals surface area contributed by atoms with Crippen LogP contribution in [-0.2, 0) is 11.2 Å². The Bertz CT molecular complexity index is 988. The van der Waals surface area contributed by atoms with Crippen LogP contribution in [0.15, 0.2) is 60.7 Å². The van der Waals surface area contributed by atoms with Gasteiger partial charge in [0.05, 0.1) is 5.56 Å². The van der Waals surface area contributed by atoms with Crippen LogP contribution in [0.3, 0.4) is 0 Å². The second-order valence-electron chi connectivity index (χ2n) is 5.87. The average Bonchev–Trinajstić information content (AvgIpc) is 2.60. The molecule has 0 aromatic heterocycles. The van der Waals surface area contributed by atoms with Crippen molar-refractivity contribution >= 4 is 22.6 Å². The zero-order valence-electron chi connectivity index (χ0n) is 13.6. The van der Waals surface area contributed by atoms with Gasteiger partial charge in [-0.25, -0.2) is 13.6 Å². The molecule has 2 N–H and O–H groups in total. The van der Waals surface area contributed by atoms with E-state index in [9.17, 15) is 23.5 Å². The zero-order chi connectivity index (χ0) is 18.7. The van der Waals surface area contributed by atoms with E-state index in [4.69, 9.17) is 0 Å². The van der Waals surface area contributed by atoms with E-state index in [1.54, 1.807) is 6.07 Å². The second kappa shape index (κ2) is 7.31. The van der Waals surface area contributed by atoms with E-state index in [0.717, 1.165) is 28.5 Å². The molecule has 0 unspecified atom stereocenters. The number of benzene rings is 3. The van der Waals surface area contributed by atoms with Crippen molar-refractivity contribution in [2.45, 2.75) is 12.5 Å². The fraction of sp³-hybridized carbons (Fsp3) is 0.100. The van der Waals surface area contributed by atoms with E-state index in [1.165, 1.54) is 0 Å². The van der Waals surface area contributed by atoms with Crippen LogP contribution >= 0.6 is 0 Å². The number of halogens is 2. The molecule has 0 saturated carbocycles. The Hall–Kier alpha value is -3.28. The van der Waals surface area contributed by atoms with Crippen molar-refractivity contribution in [3.05, 3.63) is 83.4 Å². The third-order valence-corrected chi connectivity index (χ3v) is 4.03. The van der Waals surface area contributed by atoms with Crippen LogP contribution in [0, 0.1) is 11.6 Å². The Labute approximate surface area is 148 Å². The van der Waals surface area contributed by atoms with Crippen LogP contribution in [0.25, 0.3) is 10.8 Å². The fourth-order valence-corrected chi connectivity index (χ4v) is 2.71. The topological polar surface area (TPSA) is 66.4 Å². The number of fused-ring (bicyclic) bond motifs is 1. The number of hydrogen-bond acceptors (Lipinski definition) is 2. The Morgan fingerprint density at radius 2 is 1.69 bits per heavy atom. The van der Waals surface area contributed by atoms with Gasteiger partial charge in [-0.05, 0) is 28.5 Å². The highest BCUT2D eigenvalue weighted by molar-refractivity contribution is 5.97. The van der Waals surface area contributed by atoms with E-state index < -0.39 is 35.1 Å². The van der Waals surface area contributed by atoms with E-state index in [0.29, 0.717) is 6.07 Å². The maximum atomic E-state index is 13.7. The summed E-state index contributed by atoms with van der Waals surface area (Å²) in [6.07, 6.45) is 0.0364. The number of carboxylic acid groups (broad SMARTS) is 1. The van der Waals surface area contributed by atoms with Gasteiger partial charge in [-0.2, -0.15) is 0 Å². The van der Waals surface area contributed by atoms with Crippen LogP contribution in [-0.4, -0.2) is 23.0 Å². The summed E-state index contributed by atoms with van der Waals surface area (Å²) in [5.74, 6) is -4.01. The molecule has 1 atom stereocenters. The smallest absolute Gasteiger partial charge is 0.326 e. The van der Waals surface area contributed by atoms with Crippen molar-refractivity contribution in [2.24, 2.45) is 0 Å². The molecular formula is C20H15F2NO3. The quantitative estimate of drug-likeness (QED) is 0.736. The van der Waals surface area contributed by atoms with Gasteiger partial charge in [0.25, 0.3) is 5.91 Å². The molecule has 6 heteroatoms. The van der Waals surface area contributed by atoms with Crippen molar-refractivity contribution in [3.63, 3.8) is 0 Å². The van der Waals surface area contributed by atoms with Gasteiger partial charge in [-0.3, -0.25) is 4.79 Å². The van der Waals surface area contributed by atoms with E-state index >= 15 is 0 Å². The number of hydrogen-bond donors (Lipinski definition) is 2. The standard InChI is InChI=1S/C20H15F2NO3/c21-15-7-8-16(17(22)11-15)19(24)23-18(20(25)26)10-12-5-6-13-3-1-2-4-14(13)9-12/h1-9,11,18H,10H2,(H,23,24)(H,25,26)/t18-/m1/s1. The Kier molecular flexibility index (Phi) is 4.93. The molecule has 1 amide bonds. The number of carboxylic acids is 1. The Balaban J connectivity index is 1.80. The molecule has 26 heavy (non-hydrogen) atoms. The number of carbonyl (C=O) groups is 2. The minimum absolute atomic E-state index is 0.0364. The predicted octanol–water partition coefficient (Wildman–Crippen LogP) is 3.54. The first-order valence-corrected chi connectivity index (χ1v) is 7.90. The lowest BCUT2D eigenvalue weighted by Crippen LogP contribution is -2.42. The van der Waals surface area contributed by atoms with Crippen molar-refractivity contribution in [1.82, 2.24) is 5.32 Å². The molecule has 4 nitrogen and oxygen atoms in total. The van der Waals surface area contributed by atoms with Crippen LogP contribution in [0.5, 0.6) is 0 Å². The SMILES string of the molecule is O=C(N[C@H](Cc1ccc2ccccc2c1)C(=O)O)c1ccc(F)cc1F. The van der Waals surface area contributed by atoms with Crippen molar-refractivity contribution < 1.29 is 23.5 Å². The highest BCUT2D eigenvalue weighted by Crippen LogP contribution is 2.17. The molecule has 3 aromatic rings. The third kappa shape index (κ3) is 3.85. The lowest BCUT2D eigenvalue weighted by Gasteiger charge is -2.15. The molecule has 0 aliphatic carbocycles. The minimum atomic E-state index is -1.24. The number of rotatable bonds is 5. The average molecular weight is 355 g/mol. The first-order chi connectivity index (χ1) is 12.4. The summed E-state index contributed by atoms with van der Waals surface area (Å²) < 4.78 is 26.7. The lowest BCUT2D eigenvalue weighted by atomic mass is 10.0. The Morgan fingerprint density at radius 1 is 0.962 bits per heavy atom. The van der Waals surface area contributed by atoms with Gasteiger partial charge in [-0.1, -0.05) is 42.5 Å². The van der Waals surface area contributed by atoms with Crippen molar-refractivity contribution in [3.8, 4) is 0 Å². The van der Waals surface area contributed by atoms with E-state index in [2.05, 4.69) is 5.32 Å². The molecule has 3 rings (SSSR count).